The molecular formula is C7H17N5. The second kappa shape index (κ2) is 3.73. The number of nitrogens with one attached hydrogen (secondary N) is 1. The van der Waals surface area contributed by atoms with Crippen LogP contribution < -0.4 is 5.84 Å². The third-order valence-electron chi connectivity index (χ3n) is 2.14. The Morgan fingerprint density at radius 1 is 1.33 bits per heavy atom. The molecule has 1 aliphatic heterocycles. The third-order valence-corrected chi connectivity index (χ3v) is 2.14. The number of piperazine rings is 1. The average Bonchev–Trinajstić information content (AvgIpc) is 2.04. The van der Waals surface area contributed by atoms with Crippen molar-refractivity contribution in [3.8, 4) is 0 Å². The first-order chi connectivity index (χ1) is 5.61. The normalized spacial score (nSPS) is 19.4. The van der Waals surface area contributed by atoms with Gasteiger partial charge in [0.2, 0.25) is 5.96 Å². The van der Waals surface area contributed by atoms with Crippen LogP contribution in [-0.2, 0) is 0 Å². The van der Waals surface area contributed by atoms with Crippen LogP contribution in [0.5, 0.6) is 0 Å². The molecule has 0 spiro atoms. The van der Waals surface area contributed by atoms with Gasteiger partial charge in [0.15, 0.2) is 0 Å². The quantitative estimate of drug-likeness (QED) is 0.212. The van der Waals surface area contributed by atoms with E-state index in [9.17, 15) is 0 Å². The van der Waals surface area contributed by atoms with Gasteiger partial charge >= 0.3 is 0 Å². The summed E-state index contributed by atoms with van der Waals surface area (Å²) in [7, 11) is 3.79. The van der Waals surface area contributed by atoms with Gasteiger partial charge in [0.1, 0.15) is 0 Å². The summed E-state index contributed by atoms with van der Waals surface area (Å²) < 4.78 is 0. The highest BCUT2D eigenvalue weighted by molar-refractivity contribution is 5.76. The Morgan fingerprint density at radius 3 is 2.25 bits per heavy atom. The molecule has 0 saturated carbocycles. The Bertz CT molecular complexity index is 159. The summed E-state index contributed by atoms with van der Waals surface area (Å²) in [4.78, 5) is 4.24. The van der Waals surface area contributed by atoms with Crippen molar-refractivity contribution in [3.63, 3.8) is 0 Å². The van der Waals surface area contributed by atoms with Gasteiger partial charge in [-0.2, -0.15) is 0 Å². The molecule has 1 rings (SSSR count). The molecule has 1 fully saturated rings. The second-order valence-corrected chi connectivity index (χ2v) is 3.22. The molecule has 3 N–H and O–H groups in total. The highest BCUT2D eigenvalue weighted by atomic mass is 15.5. The predicted molar refractivity (Wildman–Crippen MR) is 48.7 cm³/mol. The standard InChI is InChI=1S/C7H17N5/c1-10-3-5-12(6-4-10)7(8)11(2)9/h8H,3-6,9H2,1-2H3. The number of hydrogen-bond donors (Lipinski definition) is 2. The largest absolute Gasteiger partial charge is 0.339 e. The lowest BCUT2D eigenvalue weighted by molar-refractivity contribution is 0.199. The van der Waals surface area contributed by atoms with E-state index >= 15 is 0 Å². The van der Waals surface area contributed by atoms with E-state index in [4.69, 9.17) is 11.3 Å². The number of guanidine groups is 1. The Morgan fingerprint density at radius 2 is 1.83 bits per heavy atom. The van der Waals surface area contributed by atoms with Crippen LogP contribution >= 0.6 is 0 Å². The van der Waals surface area contributed by atoms with E-state index in [1.54, 1.807) is 7.05 Å². The molecule has 5 nitrogen and oxygen atoms in total. The van der Waals surface area contributed by atoms with Gasteiger partial charge in [-0.05, 0) is 7.05 Å². The lowest BCUT2D eigenvalue weighted by Crippen LogP contribution is -2.53. The summed E-state index contributed by atoms with van der Waals surface area (Å²) in [6.45, 7) is 3.82. The Hall–Kier alpha value is -0.810. The number of nitrogens with zero attached hydrogens (tertiary/aromatic N) is 3. The van der Waals surface area contributed by atoms with Gasteiger partial charge in [-0.3, -0.25) is 10.4 Å². The molecule has 0 amide bonds. The summed E-state index contributed by atoms with van der Waals surface area (Å²) in [6.07, 6.45) is 0. The number of likely N-dealkylation sites (N-methyl/N-ethyl adjacent to an activating group) is 1. The zero-order chi connectivity index (χ0) is 9.14. The van der Waals surface area contributed by atoms with Gasteiger partial charge in [-0.15, -0.1) is 0 Å². The Balaban J connectivity index is 2.39. The average molecular weight is 171 g/mol. The number of hydrazine groups is 1. The van der Waals surface area contributed by atoms with Crippen molar-refractivity contribution < 1.29 is 0 Å². The molecule has 0 aliphatic carbocycles. The SMILES string of the molecule is CN1CCN(C(=N)N(C)N)CC1. The lowest BCUT2D eigenvalue weighted by Gasteiger charge is -2.35. The summed E-state index contributed by atoms with van der Waals surface area (Å²) in [5.41, 5.74) is 0. The van der Waals surface area contributed by atoms with Crippen molar-refractivity contribution in [2.75, 3.05) is 40.3 Å². The maximum Gasteiger partial charge on any atom is 0.208 e. The Kier molecular flexibility index (Phi) is 2.88. The van der Waals surface area contributed by atoms with Gasteiger partial charge < -0.3 is 9.80 Å². The van der Waals surface area contributed by atoms with Gasteiger partial charge in [-0.1, -0.05) is 0 Å². The van der Waals surface area contributed by atoms with Crippen LogP contribution in [-0.4, -0.2) is 61.0 Å². The van der Waals surface area contributed by atoms with E-state index in [-0.39, 0.29) is 0 Å². The molecule has 70 valence electrons. The van der Waals surface area contributed by atoms with E-state index in [0.29, 0.717) is 5.96 Å². The summed E-state index contributed by atoms with van der Waals surface area (Å²) in [5.74, 6) is 5.86. The van der Waals surface area contributed by atoms with Crippen molar-refractivity contribution in [1.29, 1.82) is 5.41 Å². The second-order valence-electron chi connectivity index (χ2n) is 3.22. The van der Waals surface area contributed by atoms with Crippen molar-refractivity contribution in [1.82, 2.24) is 14.8 Å². The van der Waals surface area contributed by atoms with Gasteiger partial charge in [0.25, 0.3) is 0 Å². The number of nitrogens with two attached hydrogens (primary N) is 1. The van der Waals surface area contributed by atoms with E-state index in [1.807, 2.05) is 4.90 Å². The molecule has 1 aliphatic rings. The van der Waals surface area contributed by atoms with E-state index < -0.39 is 0 Å². The monoisotopic (exact) mass is 171 g/mol. The summed E-state index contributed by atoms with van der Waals surface area (Å²) in [6, 6.07) is 0. The fourth-order valence-electron chi connectivity index (χ4n) is 1.24. The number of hydrogen-bond acceptors (Lipinski definition) is 3. The highest BCUT2D eigenvalue weighted by Gasteiger charge is 2.17. The molecule has 0 aromatic heterocycles. The highest BCUT2D eigenvalue weighted by Crippen LogP contribution is 1.99. The number of rotatable bonds is 0. The van der Waals surface area contributed by atoms with Crippen LogP contribution in [0.25, 0.3) is 0 Å². The van der Waals surface area contributed by atoms with Crippen LogP contribution in [0.3, 0.4) is 0 Å². The van der Waals surface area contributed by atoms with Crippen molar-refractivity contribution in [2.45, 2.75) is 0 Å². The summed E-state index contributed by atoms with van der Waals surface area (Å²) in [5, 5.41) is 8.96. The third kappa shape index (κ3) is 2.09. The molecule has 0 unspecified atom stereocenters. The molecule has 5 heteroatoms. The zero-order valence-corrected chi connectivity index (χ0v) is 7.75. The molecule has 0 bridgehead atoms. The molecule has 1 saturated heterocycles. The molecule has 12 heavy (non-hydrogen) atoms. The van der Waals surface area contributed by atoms with Crippen molar-refractivity contribution >= 4 is 5.96 Å². The van der Waals surface area contributed by atoms with Crippen LogP contribution in [0.15, 0.2) is 0 Å². The first-order valence-corrected chi connectivity index (χ1v) is 4.11. The minimum absolute atomic E-state index is 0.406. The smallest absolute Gasteiger partial charge is 0.208 e. The fraction of sp³-hybridized carbons (Fsp3) is 0.857. The molecular weight excluding hydrogens is 154 g/mol. The lowest BCUT2D eigenvalue weighted by atomic mass is 10.3. The first-order valence-electron chi connectivity index (χ1n) is 4.11. The van der Waals surface area contributed by atoms with E-state index in [0.717, 1.165) is 26.2 Å². The van der Waals surface area contributed by atoms with Crippen LogP contribution in [0.2, 0.25) is 0 Å². The Labute approximate surface area is 73.2 Å². The van der Waals surface area contributed by atoms with Crippen LogP contribution in [0.1, 0.15) is 0 Å². The minimum Gasteiger partial charge on any atom is -0.339 e. The van der Waals surface area contributed by atoms with Crippen LogP contribution in [0.4, 0.5) is 0 Å². The van der Waals surface area contributed by atoms with E-state index in [2.05, 4.69) is 11.9 Å². The first kappa shape index (κ1) is 9.28. The van der Waals surface area contributed by atoms with Crippen molar-refractivity contribution in [3.05, 3.63) is 0 Å². The summed E-state index contributed by atoms with van der Waals surface area (Å²) >= 11 is 0. The maximum absolute atomic E-state index is 7.61. The zero-order valence-electron chi connectivity index (χ0n) is 7.75. The van der Waals surface area contributed by atoms with Crippen LogP contribution in [0, 0.1) is 5.41 Å². The van der Waals surface area contributed by atoms with Gasteiger partial charge in [-0.25, -0.2) is 5.84 Å². The predicted octanol–water partition coefficient (Wildman–Crippen LogP) is -1.03. The van der Waals surface area contributed by atoms with Crippen molar-refractivity contribution in [2.24, 2.45) is 5.84 Å². The maximum atomic E-state index is 7.61. The molecule has 0 atom stereocenters. The van der Waals surface area contributed by atoms with Gasteiger partial charge in [0.05, 0.1) is 0 Å². The topological polar surface area (TPSA) is 59.6 Å². The molecule has 0 radical (unpaired) electrons. The minimum atomic E-state index is 0.406. The van der Waals surface area contributed by atoms with E-state index in [1.165, 1.54) is 5.01 Å². The molecule has 1 heterocycles. The molecule has 0 aromatic carbocycles. The fourth-order valence-corrected chi connectivity index (χ4v) is 1.24. The van der Waals surface area contributed by atoms with Gasteiger partial charge in [0, 0.05) is 33.2 Å². The molecule has 0 aromatic rings.